The molecule has 1 N–H and O–H groups in total. The highest BCUT2D eigenvalue weighted by atomic mass is 16.1. The molecule has 0 unspecified atom stereocenters. The van der Waals surface area contributed by atoms with E-state index in [1.807, 2.05) is 43.3 Å². The van der Waals surface area contributed by atoms with Gasteiger partial charge in [-0.25, -0.2) is 0 Å². The SMILES string of the molecule is CC(=O)N/C(C)=C\c1ccccc1. The molecular formula is C11H13NO. The number of carbonyl (C=O) groups excluding carboxylic acids is 1. The van der Waals surface area contributed by atoms with Gasteiger partial charge in [0.2, 0.25) is 5.91 Å². The zero-order chi connectivity index (χ0) is 9.68. The second-order valence-corrected chi connectivity index (χ2v) is 2.92. The second-order valence-electron chi connectivity index (χ2n) is 2.92. The summed E-state index contributed by atoms with van der Waals surface area (Å²) in [5.74, 6) is -0.0373. The van der Waals surface area contributed by atoms with E-state index in [-0.39, 0.29) is 5.91 Å². The van der Waals surface area contributed by atoms with Crippen molar-refractivity contribution in [2.75, 3.05) is 0 Å². The Labute approximate surface area is 78.3 Å². The second kappa shape index (κ2) is 4.45. The van der Waals surface area contributed by atoms with Crippen LogP contribution in [0.3, 0.4) is 0 Å². The molecule has 0 saturated carbocycles. The van der Waals surface area contributed by atoms with Crippen LogP contribution in [-0.2, 0) is 4.79 Å². The maximum Gasteiger partial charge on any atom is 0.220 e. The molecule has 1 aromatic rings. The van der Waals surface area contributed by atoms with Gasteiger partial charge in [-0.05, 0) is 18.6 Å². The Morgan fingerprint density at radius 3 is 2.38 bits per heavy atom. The quantitative estimate of drug-likeness (QED) is 0.733. The van der Waals surface area contributed by atoms with Crippen LogP contribution in [-0.4, -0.2) is 5.91 Å². The van der Waals surface area contributed by atoms with Crippen molar-refractivity contribution in [3.63, 3.8) is 0 Å². The van der Waals surface area contributed by atoms with Crippen LogP contribution in [0.15, 0.2) is 36.0 Å². The highest BCUT2D eigenvalue weighted by Gasteiger charge is 1.92. The van der Waals surface area contributed by atoms with E-state index in [1.54, 1.807) is 0 Å². The van der Waals surface area contributed by atoms with E-state index < -0.39 is 0 Å². The number of hydrogen-bond acceptors (Lipinski definition) is 1. The molecule has 2 heteroatoms. The molecule has 0 aliphatic heterocycles. The summed E-state index contributed by atoms with van der Waals surface area (Å²) >= 11 is 0. The molecule has 0 heterocycles. The summed E-state index contributed by atoms with van der Waals surface area (Å²) in [7, 11) is 0. The Hall–Kier alpha value is -1.57. The third-order valence-electron chi connectivity index (χ3n) is 1.56. The van der Waals surface area contributed by atoms with Crippen LogP contribution < -0.4 is 5.32 Å². The average molecular weight is 175 g/mol. The zero-order valence-corrected chi connectivity index (χ0v) is 7.87. The molecule has 2 nitrogen and oxygen atoms in total. The molecule has 0 radical (unpaired) electrons. The Bertz CT molecular complexity index is 314. The van der Waals surface area contributed by atoms with Gasteiger partial charge < -0.3 is 5.32 Å². The van der Waals surface area contributed by atoms with Crippen molar-refractivity contribution in [3.05, 3.63) is 41.6 Å². The first-order chi connectivity index (χ1) is 6.18. The van der Waals surface area contributed by atoms with Crippen molar-refractivity contribution in [1.82, 2.24) is 5.32 Å². The number of benzene rings is 1. The van der Waals surface area contributed by atoms with Crippen LogP contribution in [0, 0.1) is 0 Å². The predicted octanol–water partition coefficient (Wildman–Crippen LogP) is 2.18. The molecule has 0 atom stereocenters. The van der Waals surface area contributed by atoms with E-state index in [0.717, 1.165) is 11.3 Å². The highest BCUT2D eigenvalue weighted by Crippen LogP contribution is 2.03. The molecule has 68 valence electrons. The number of rotatable bonds is 2. The first kappa shape index (κ1) is 9.52. The van der Waals surface area contributed by atoms with Gasteiger partial charge in [-0.3, -0.25) is 4.79 Å². The van der Waals surface area contributed by atoms with E-state index in [0.29, 0.717) is 0 Å². The van der Waals surface area contributed by atoms with Crippen LogP contribution in [0.4, 0.5) is 0 Å². The summed E-state index contributed by atoms with van der Waals surface area (Å²) in [6, 6.07) is 9.88. The molecule has 1 aromatic carbocycles. The molecular weight excluding hydrogens is 162 g/mol. The fraction of sp³-hybridized carbons (Fsp3) is 0.182. The van der Waals surface area contributed by atoms with Crippen molar-refractivity contribution >= 4 is 12.0 Å². The average Bonchev–Trinajstić information content (AvgIpc) is 2.04. The lowest BCUT2D eigenvalue weighted by atomic mass is 10.2. The van der Waals surface area contributed by atoms with Crippen LogP contribution in [0.5, 0.6) is 0 Å². The topological polar surface area (TPSA) is 29.1 Å². The minimum Gasteiger partial charge on any atom is -0.330 e. The molecule has 0 aliphatic rings. The van der Waals surface area contributed by atoms with Gasteiger partial charge in [0.05, 0.1) is 0 Å². The summed E-state index contributed by atoms with van der Waals surface area (Å²) < 4.78 is 0. The summed E-state index contributed by atoms with van der Waals surface area (Å²) in [6.07, 6.45) is 1.93. The van der Waals surface area contributed by atoms with E-state index in [4.69, 9.17) is 0 Å². The van der Waals surface area contributed by atoms with Crippen molar-refractivity contribution in [1.29, 1.82) is 0 Å². The minimum absolute atomic E-state index is 0.0373. The first-order valence-corrected chi connectivity index (χ1v) is 4.19. The van der Waals surface area contributed by atoms with E-state index in [9.17, 15) is 4.79 Å². The largest absolute Gasteiger partial charge is 0.330 e. The number of carbonyl (C=O) groups is 1. The Balaban J connectivity index is 2.71. The van der Waals surface area contributed by atoms with Gasteiger partial charge in [0, 0.05) is 12.6 Å². The predicted molar refractivity (Wildman–Crippen MR) is 53.9 cm³/mol. The zero-order valence-electron chi connectivity index (χ0n) is 7.87. The van der Waals surface area contributed by atoms with Crippen molar-refractivity contribution < 1.29 is 4.79 Å². The standard InChI is InChI=1S/C11H13NO/c1-9(12-10(2)13)8-11-6-4-3-5-7-11/h3-8H,1-2H3,(H,12,13)/b9-8-. The highest BCUT2D eigenvalue weighted by molar-refractivity contribution is 5.76. The molecule has 0 aromatic heterocycles. The number of allylic oxidation sites excluding steroid dienone is 1. The normalized spacial score (nSPS) is 11.1. The van der Waals surface area contributed by atoms with Gasteiger partial charge >= 0.3 is 0 Å². The molecule has 0 fully saturated rings. The van der Waals surface area contributed by atoms with Crippen molar-refractivity contribution in [3.8, 4) is 0 Å². The maximum absolute atomic E-state index is 10.7. The lowest BCUT2D eigenvalue weighted by Gasteiger charge is -2.00. The van der Waals surface area contributed by atoms with Gasteiger partial charge in [0.15, 0.2) is 0 Å². The smallest absolute Gasteiger partial charge is 0.220 e. The lowest BCUT2D eigenvalue weighted by Crippen LogP contribution is -2.16. The lowest BCUT2D eigenvalue weighted by molar-refractivity contribution is -0.118. The van der Waals surface area contributed by atoms with Gasteiger partial charge in [0.1, 0.15) is 0 Å². The molecule has 13 heavy (non-hydrogen) atoms. The number of hydrogen-bond donors (Lipinski definition) is 1. The van der Waals surface area contributed by atoms with Crippen LogP contribution in [0.2, 0.25) is 0 Å². The molecule has 1 rings (SSSR count). The third kappa shape index (κ3) is 3.56. The monoisotopic (exact) mass is 175 g/mol. The summed E-state index contributed by atoms with van der Waals surface area (Å²) in [5.41, 5.74) is 1.95. The van der Waals surface area contributed by atoms with Crippen LogP contribution in [0.25, 0.3) is 6.08 Å². The van der Waals surface area contributed by atoms with Gasteiger partial charge in [-0.2, -0.15) is 0 Å². The Kier molecular flexibility index (Phi) is 3.26. The van der Waals surface area contributed by atoms with E-state index >= 15 is 0 Å². The van der Waals surface area contributed by atoms with Gasteiger partial charge in [-0.15, -0.1) is 0 Å². The summed E-state index contributed by atoms with van der Waals surface area (Å²) in [5, 5.41) is 2.71. The van der Waals surface area contributed by atoms with Gasteiger partial charge in [0.25, 0.3) is 0 Å². The molecule has 0 bridgehead atoms. The number of amides is 1. The number of nitrogens with one attached hydrogen (secondary N) is 1. The fourth-order valence-electron chi connectivity index (χ4n) is 1.11. The van der Waals surface area contributed by atoms with Crippen LogP contribution in [0.1, 0.15) is 19.4 Å². The Morgan fingerprint density at radius 2 is 1.85 bits per heavy atom. The molecule has 0 spiro atoms. The van der Waals surface area contributed by atoms with Crippen molar-refractivity contribution in [2.24, 2.45) is 0 Å². The summed E-state index contributed by atoms with van der Waals surface area (Å²) in [6.45, 7) is 3.37. The van der Waals surface area contributed by atoms with Crippen LogP contribution >= 0.6 is 0 Å². The fourth-order valence-corrected chi connectivity index (χ4v) is 1.11. The third-order valence-corrected chi connectivity index (χ3v) is 1.56. The molecule has 0 aliphatic carbocycles. The van der Waals surface area contributed by atoms with Crippen molar-refractivity contribution in [2.45, 2.75) is 13.8 Å². The van der Waals surface area contributed by atoms with Gasteiger partial charge in [-0.1, -0.05) is 30.3 Å². The van der Waals surface area contributed by atoms with E-state index in [2.05, 4.69) is 5.32 Å². The minimum atomic E-state index is -0.0373. The summed E-state index contributed by atoms with van der Waals surface area (Å²) in [4.78, 5) is 10.7. The Morgan fingerprint density at radius 1 is 1.23 bits per heavy atom. The molecule has 1 amide bonds. The molecule has 0 saturated heterocycles. The first-order valence-electron chi connectivity index (χ1n) is 4.19. The van der Waals surface area contributed by atoms with E-state index in [1.165, 1.54) is 6.92 Å². The maximum atomic E-state index is 10.7.